The molecule has 0 aliphatic heterocycles. The van der Waals surface area contributed by atoms with Gasteiger partial charge in [0.1, 0.15) is 6.42 Å². The molecule has 12 heavy (non-hydrogen) atoms. The van der Waals surface area contributed by atoms with E-state index < -0.39 is 0 Å². The molecule has 4 nitrogen and oxygen atoms in total. The minimum atomic E-state index is 0.198. The summed E-state index contributed by atoms with van der Waals surface area (Å²) in [6.45, 7) is 2.07. The maximum Gasteiger partial charge on any atom is 0.240 e. The summed E-state index contributed by atoms with van der Waals surface area (Å²) in [6, 6.07) is 1.95. The molecular weight excluding hydrogens is 174 g/mol. The number of hydrogen-bond donors (Lipinski definition) is 0. The van der Waals surface area contributed by atoms with E-state index in [1.54, 1.807) is 11.8 Å². The van der Waals surface area contributed by atoms with E-state index >= 15 is 0 Å². The highest BCUT2D eigenvalue weighted by atomic mass is 32.2. The maximum atomic E-state index is 8.32. The van der Waals surface area contributed by atoms with Gasteiger partial charge in [0.05, 0.1) is 11.8 Å². The van der Waals surface area contributed by atoms with Crippen molar-refractivity contribution in [1.29, 1.82) is 5.26 Å². The van der Waals surface area contributed by atoms with Gasteiger partial charge in [-0.2, -0.15) is 22.0 Å². The van der Waals surface area contributed by atoms with Crippen molar-refractivity contribution >= 4 is 11.8 Å². The molecule has 0 aliphatic carbocycles. The molecule has 0 spiro atoms. The predicted molar refractivity (Wildman–Crippen MR) is 45.5 cm³/mol. The summed E-state index contributed by atoms with van der Waals surface area (Å²) in [6.07, 6.45) is 0.198. The van der Waals surface area contributed by atoms with Crippen LogP contribution in [0.4, 0.5) is 0 Å². The van der Waals surface area contributed by atoms with Crippen LogP contribution in [0.15, 0.2) is 4.52 Å². The summed E-state index contributed by atoms with van der Waals surface area (Å²) < 4.78 is 4.81. The first kappa shape index (κ1) is 9.07. The Morgan fingerprint density at radius 2 is 2.50 bits per heavy atom. The molecule has 64 valence electrons. The minimum Gasteiger partial charge on any atom is -0.338 e. The Labute approximate surface area is 75.0 Å². The molecule has 0 radical (unpaired) electrons. The molecule has 1 heterocycles. The van der Waals surface area contributed by atoms with Gasteiger partial charge in [-0.25, -0.2) is 0 Å². The van der Waals surface area contributed by atoms with Crippen molar-refractivity contribution in [3.8, 4) is 6.07 Å². The van der Waals surface area contributed by atoms with Crippen molar-refractivity contribution in [1.82, 2.24) is 10.1 Å². The van der Waals surface area contributed by atoms with Gasteiger partial charge in [0.25, 0.3) is 0 Å². The Morgan fingerprint density at radius 3 is 3.17 bits per heavy atom. The second kappa shape index (κ2) is 4.78. The molecule has 0 unspecified atom stereocenters. The lowest BCUT2D eigenvalue weighted by Crippen LogP contribution is -1.85. The smallest absolute Gasteiger partial charge is 0.240 e. The van der Waals surface area contributed by atoms with Gasteiger partial charge in [-0.1, -0.05) is 12.1 Å². The summed E-state index contributed by atoms with van der Waals surface area (Å²) in [5, 5.41) is 12.0. The SMILES string of the molecule is CCSCc1noc(CC#N)n1. The van der Waals surface area contributed by atoms with Crippen LogP contribution in [-0.4, -0.2) is 15.9 Å². The van der Waals surface area contributed by atoms with E-state index in [0.717, 1.165) is 11.5 Å². The maximum absolute atomic E-state index is 8.32. The molecular formula is C7H9N3OS. The average Bonchev–Trinajstić information content (AvgIpc) is 2.50. The average molecular weight is 183 g/mol. The molecule has 1 aromatic heterocycles. The zero-order chi connectivity index (χ0) is 8.81. The Hall–Kier alpha value is -1.02. The van der Waals surface area contributed by atoms with Crippen molar-refractivity contribution in [2.45, 2.75) is 19.1 Å². The van der Waals surface area contributed by atoms with E-state index in [9.17, 15) is 0 Å². The first-order valence-electron chi connectivity index (χ1n) is 3.63. The molecule has 0 amide bonds. The van der Waals surface area contributed by atoms with E-state index in [2.05, 4.69) is 17.1 Å². The van der Waals surface area contributed by atoms with Crippen molar-refractivity contribution < 1.29 is 4.52 Å². The van der Waals surface area contributed by atoms with Crippen LogP contribution >= 0.6 is 11.8 Å². The third-order valence-electron chi connectivity index (χ3n) is 1.18. The minimum absolute atomic E-state index is 0.198. The number of aromatic nitrogens is 2. The lowest BCUT2D eigenvalue weighted by molar-refractivity contribution is 0.383. The van der Waals surface area contributed by atoms with Crippen LogP contribution in [0.5, 0.6) is 0 Å². The summed E-state index contributed by atoms with van der Waals surface area (Å²) in [4.78, 5) is 4.02. The molecule has 0 saturated heterocycles. The van der Waals surface area contributed by atoms with Crippen LogP contribution in [0.25, 0.3) is 0 Å². The largest absolute Gasteiger partial charge is 0.338 e. The summed E-state index contributed by atoms with van der Waals surface area (Å²) in [5.41, 5.74) is 0. The first-order valence-corrected chi connectivity index (χ1v) is 4.78. The van der Waals surface area contributed by atoms with Crippen LogP contribution in [0.1, 0.15) is 18.6 Å². The Morgan fingerprint density at radius 1 is 1.67 bits per heavy atom. The van der Waals surface area contributed by atoms with E-state index in [0.29, 0.717) is 11.7 Å². The fourth-order valence-corrected chi connectivity index (χ4v) is 1.19. The fourth-order valence-electron chi connectivity index (χ4n) is 0.682. The van der Waals surface area contributed by atoms with Crippen LogP contribution in [0.2, 0.25) is 0 Å². The molecule has 0 aromatic carbocycles. The lowest BCUT2D eigenvalue weighted by atomic mass is 10.5. The number of hydrogen-bond acceptors (Lipinski definition) is 5. The summed E-state index contributed by atoms with van der Waals surface area (Å²) >= 11 is 1.72. The van der Waals surface area contributed by atoms with E-state index in [1.165, 1.54) is 0 Å². The molecule has 1 aromatic rings. The lowest BCUT2D eigenvalue weighted by Gasteiger charge is -1.87. The normalized spacial score (nSPS) is 9.67. The zero-order valence-electron chi connectivity index (χ0n) is 6.78. The van der Waals surface area contributed by atoms with Gasteiger partial charge in [-0.05, 0) is 5.75 Å². The van der Waals surface area contributed by atoms with Crippen molar-refractivity contribution in [3.63, 3.8) is 0 Å². The number of thioether (sulfide) groups is 1. The first-order chi connectivity index (χ1) is 5.86. The van der Waals surface area contributed by atoms with Crippen LogP contribution < -0.4 is 0 Å². The Balaban J connectivity index is 2.48. The van der Waals surface area contributed by atoms with Crippen LogP contribution in [-0.2, 0) is 12.2 Å². The number of rotatable bonds is 4. The molecule has 0 saturated carbocycles. The molecule has 0 aliphatic rings. The standard InChI is InChI=1S/C7H9N3OS/c1-2-12-5-6-9-7(3-4-8)11-10-6/h2-3,5H2,1H3. The summed E-state index contributed by atoms with van der Waals surface area (Å²) in [7, 11) is 0. The molecule has 0 fully saturated rings. The molecule has 0 atom stereocenters. The second-order valence-electron chi connectivity index (χ2n) is 2.08. The van der Waals surface area contributed by atoms with Gasteiger partial charge in [0.15, 0.2) is 5.82 Å². The highest BCUT2D eigenvalue weighted by Crippen LogP contribution is 2.08. The van der Waals surface area contributed by atoms with Gasteiger partial charge < -0.3 is 4.52 Å². The van der Waals surface area contributed by atoms with Gasteiger partial charge >= 0.3 is 0 Å². The highest BCUT2D eigenvalue weighted by Gasteiger charge is 2.04. The fraction of sp³-hybridized carbons (Fsp3) is 0.571. The third-order valence-corrected chi connectivity index (χ3v) is 2.05. The molecule has 5 heteroatoms. The van der Waals surface area contributed by atoms with E-state index in [1.807, 2.05) is 6.07 Å². The Kier molecular flexibility index (Phi) is 3.61. The van der Waals surface area contributed by atoms with Gasteiger partial charge in [0.2, 0.25) is 5.89 Å². The third kappa shape index (κ3) is 2.55. The van der Waals surface area contributed by atoms with Crippen molar-refractivity contribution in [3.05, 3.63) is 11.7 Å². The van der Waals surface area contributed by atoms with E-state index in [4.69, 9.17) is 9.78 Å². The second-order valence-corrected chi connectivity index (χ2v) is 3.35. The quantitative estimate of drug-likeness (QED) is 0.705. The highest BCUT2D eigenvalue weighted by molar-refractivity contribution is 7.98. The van der Waals surface area contributed by atoms with Crippen molar-refractivity contribution in [2.75, 3.05) is 5.75 Å². The van der Waals surface area contributed by atoms with Crippen LogP contribution in [0, 0.1) is 11.3 Å². The predicted octanol–water partition coefficient (Wildman–Crippen LogP) is 1.39. The molecule has 0 N–H and O–H groups in total. The summed E-state index contributed by atoms with van der Waals surface area (Å²) in [5.74, 6) is 2.87. The molecule has 1 rings (SSSR count). The van der Waals surface area contributed by atoms with Gasteiger partial charge in [-0.3, -0.25) is 0 Å². The van der Waals surface area contributed by atoms with E-state index in [-0.39, 0.29) is 6.42 Å². The Bertz CT molecular complexity index is 278. The topological polar surface area (TPSA) is 62.7 Å². The van der Waals surface area contributed by atoms with Crippen molar-refractivity contribution in [2.24, 2.45) is 0 Å². The van der Waals surface area contributed by atoms with Gasteiger partial charge in [-0.15, -0.1) is 0 Å². The van der Waals surface area contributed by atoms with Crippen LogP contribution in [0.3, 0.4) is 0 Å². The zero-order valence-corrected chi connectivity index (χ0v) is 7.60. The van der Waals surface area contributed by atoms with Gasteiger partial charge in [0, 0.05) is 0 Å². The molecule has 0 bridgehead atoms. The number of nitrogens with zero attached hydrogens (tertiary/aromatic N) is 3. The number of nitriles is 1. The monoisotopic (exact) mass is 183 g/mol.